The molecule has 0 saturated carbocycles. The molecule has 0 aromatic heterocycles. The Hall–Kier alpha value is -2.06. The van der Waals surface area contributed by atoms with Gasteiger partial charge in [0.2, 0.25) is 0 Å². The molecule has 0 fully saturated rings. The predicted octanol–water partition coefficient (Wildman–Crippen LogP) is 3.28. The number of hydrogen-bond donors (Lipinski definition) is 1. The maximum atomic E-state index is 10.9. The largest absolute Gasteiger partial charge is 0.493 e. The van der Waals surface area contributed by atoms with Gasteiger partial charge in [-0.15, -0.1) is 12.3 Å². The molecule has 0 amide bonds. The summed E-state index contributed by atoms with van der Waals surface area (Å²) in [5, 5.41) is 14.2. The lowest BCUT2D eigenvalue weighted by Gasteiger charge is -2.21. The number of hydrogen-bond acceptors (Lipinski definition) is 4. The summed E-state index contributed by atoms with van der Waals surface area (Å²) in [5.41, 5.74) is 0.766. The first kappa shape index (κ1) is 17.0. The summed E-state index contributed by atoms with van der Waals surface area (Å²) in [6.45, 7) is 7.13. The van der Waals surface area contributed by atoms with E-state index < -0.39 is 4.92 Å². The molecule has 1 rings (SSSR count). The van der Waals surface area contributed by atoms with Crippen LogP contribution in [0.4, 0.5) is 5.69 Å². The van der Waals surface area contributed by atoms with Crippen molar-refractivity contribution in [1.29, 1.82) is 0 Å². The third kappa shape index (κ3) is 6.28. The molecule has 0 atom stereocenters. The molecule has 1 N–H and O–H groups in total. The highest BCUT2D eigenvalue weighted by Crippen LogP contribution is 2.25. The van der Waals surface area contributed by atoms with Crippen molar-refractivity contribution in [2.75, 3.05) is 6.61 Å². The first-order valence-corrected chi connectivity index (χ1v) is 6.92. The molecule has 0 bridgehead atoms. The van der Waals surface area contributed by atoms with Crippen LogP contribution in [0.25, 0.3) is 0 Å². The molecule has 0 heterocycles. The SMILES string of the molecule is C#CCCCOc1ccc([N+](=O)[O-])cc1CNC(C)(C)C. The van der Waals surface area contributed by atoms with Gasteiger partial charge in [-0.2, -0.15) is 0 Å². The summed E-state index contributed by atoms with van der Waals surface area (Å²) in [5.74, 6) is 3.22. The second-order valence-electron chi connectivity index (χ2n) is 5.81. The third-order valence-electron chi connectivity index (χ3n) is 2.79. The Balaban J connectivity index is 2.84. The van der Waals surface area contributed by atoms with Crippen molar-refractivity contribution in [2.24, 2.45) is 0 Å². The Morgan fingerprint density at radius 3 is 2.71 bits per heavy atom. The maximum absolute atomic E-state index is 10.9. The first-order valence-electron chi connectivity index (χ1n) is 6.92. The van der Waals surface area contributed by atoms with Crippen molar-refractivity contribution in [3.63, 3.8) is 0 Å². The summed E-state index contributed by atoms with van der Waals surface area (Å²) in [6, 6.07) is 4.65. The number of nitrogens with zero attached hydrogens (tertiary/aromatic N) is 1. The van der Waals surface area contributed by atoms with Crippen LogP contribution in [0.15, 0.2) is 18.2 Å². The molecule has 0 unspecified atom stereocenters. The molecular weight excluding hydrogens is 268 g/mol. The summed E-state index contributed by atoms with van der Waals surface area (Å²) >= 11 is 0. The van der Waals surface area contributed by atoms with Gasteiger partial charge in [-0.05, 0) is 33.3 Å². The summed E-state index contributed by atoms with van der Waals surface area (Å²) in [6.07, 6.45) is 6.61. The average Bonchev–Trinajstić information content (AvgIpc) is 2.41. The van der Waals surface area contributed by atoms with Gasteiger partial charge in [0.1, 0.15) is 5.75 Å². The van der Waals surface area contributed by atoms with Crippen LogP contribution < -0.4 is 10.1 Å². The number of benzene rings is 1. The van der Waals surface area contributed by atoms with Gasteiger partial charge in [0.05, 0.1) is 11.5 Å². The molecule has 0 spiro atoms. The second-order valence-corrected chi connectivity index (χ2v) is 5.81. The normalized spacial score (nSPS) is 11.0. The van der Waals surface area contributed by atoms with E-state index in [4.69, 9.17) is 11.2 Å². The van der Waals surface area contributed by atoms with Crippen LogP contribution in [-0.4, -0.2) is 17.1 Å². The molecule has 0 aliphatic heterocycles. The lowest BCUT2D eigenvalue weighted by atomic mass is 10.1. The van der Waals surface area contributed by atoms with Crippen LogP contribution >= 0.6 is 0 Å². The number of nitrogens with one attached hydrogen (secondary N) is 1. The van der Waals surface area contributed by atoms with Gasteiger partial charge in [0, 0.05) is 36.2 Å². The van der Waals surface area contributed by atoms with Crippen molar-refractivity contribution < 1.29 is 9.66 Å². The fraction of sp³-hybridized carbons (Fsp3) is 0.500. The Morgan fingerprint density at radius 2 is 2.14 bits per heavy atom. The van der Waals surface area contributed by atoms with E-state index >= 15 is 0 Å². The van der Waals surface area contributed by atoms with Gasteiger partial charge in [-0.3, -0.25) is 10.1 Å². The summed E-state index contributed by atoms with van der Waals surface area (Å²) in [4.78, 5) is 10.5. The van der Waals surface area contributed by atoms with Crippen LogP contribution in [-0.2, 0) is 6.54 Å². The number of unbranched alkanes of at least 4 members (excludes halogenated alkanes) is 1. The lowest BCUT2D eigenvalue weighted by Crippen LogP contribution is -2.35. The van der Waals surface area contributed by atoms with Gasteiger partial charge in [0.15, 0.2) is 0 Å². The van der Waals surface area contributed by atoms with E-state index in [9.17, 15) is 10.1 Å². The highest BCUT2D eigenvalue weighted by atomic mass is 16.6. The Kier molecular flexibility index (Phi) is 6.19. The molecule has 21 heavy (non-hydrogen) atoms. The first-order chi connectivity index (χ1) is 9.83. The fourth-order valence-electron chi connectivity index (χ4n) is 1.68. The monoisotopic (exact) mass is 290 g/mol. The Bertz CT molecular complexity index is 527. The van der Waals surface area contributed by atoms with Crippen LogP contribution in [0, 0.1) is 22.5 Å². The molecule has 1 aromatic carbocycles. The third-order valence-corrected chi connectivity index (χ3v) is 2.79. The smallest absolute Gasteiger partial charge is 0.270 e. The van der Waals surface area contributed by atoms with Gasteiger partial charge in [-0.25, -0.2) is 0 Å². The van der Waals surface area contributed by atoms with E-state index in [0.29, 0.717) is 25.3 Å². The van der Waals surface area contributed by atoms with E-state index in [2.05, 4.69) is 11.2 Å². The molecule has 0 aliphatic rings. The minimum Gasteiger partial charge on any atom is -0.493 e. The van der Waals surface area contributed by atoms with Gasteiger partial charge >= 0.3 is 0 Å². The molecule has 114 valence electrons. The molecular formula is C16H22N2O3. The fourth-order valence-corrected chi connectivity index (χ4v) is 1.68. The number of non-ortho nitro benzene ring substituents is 1. The number of nitro groups is 1. The zero-order valence-electron chi connectivity index (χ0n) is 12.8. The standard InChI is InChI=1S/C16H22N2O3/c1-5-6-7-10-21-15-9-8-14(18(19)20)11-13(15)12-17-16(2,3)4/h1,8-9,11,17H,6-7,10,12H2,2-4H3. The highest BCUT2D eigenvalue weighted by molar-refractivity contribution is 5.43. The maximum Gasteiger partial charge on any atom is 0.270 e. The topological polar surface area (TPSA) is 64.4 Å². The van der Waals surface area contributed by atoms with E-state index in [1.54, 1.807) is 12.1 Å². The molecule has 0 radical (unpaired) electrons. The van der Waals surface area contributed by atoms with E-state index in [1.165, 1.54) is 6.07 Å². The van der Waals surface area contributed by atoms with Crippen molar-refractivity contribution >= 4 is 5.69 Å². The molecule has 0 saturated heterocycles. The average molecular weight is 290 g/mol. The van der Waals surface area contributed by atoms with Crippen molar-refractivity contribution in [3.8, 4) is 18.1 Å². The van der Waals surface area contributed by atoms with E-state index in [-0.39, 0.29) is 11.2 Å². The minimum absolute atomic E-state index is 0.0664. The van der Waals surface area contributed by atoms with Crippen LogP contribution in [0.5, 0.6) is 5.75 Å². The second kappa shape index (κ2) is 7.65. The Labute approximate surface area is 125 Å². The number of ether oxygens (including phenoxy) is 1. The lowest BCUT2D eigenvalue weighted by molar-refractivity contribution is -0.384. The van der Waals surface area contributed by atoms with E-state index in [1.807, 2.05) is 20.8 Å². The van der Waals surface area contributed by atoms with Gasteiger partial charge in [-0.1, -0.05) is 0 Å². The van der Waals surface area contributed by atoms with Gasteiger partial charge in [0.25, 0.3) is 5.69 Å². The van der Waals surface area contributed by atoms with Crippen molar-refractivity contribution in [3.05, 3.63) is 33.9 Å². The van der Waals surface area contributed by atoms with Crippen LogP contribution in [0.3, 0.4) is 0 Å². The number of terminal acetylenes is 1. The Morgan fingerprint density at radius 1 is 1.43 bits per heavy atom. The molecule has 0 aliphatic carbocycles. The van der Waals surface area contributed by atoms with Gasteiger partial charge < -0.3 is 10.1 Å². The zero-order chi connectivity index (χ0) is 15.9. The van der Waals surface area contributed by atoms with Crippen LogP contribution in [0.2, 0.25) is 0 Å². The van der Waals surface area contributed by atoms with E-state index in [0.717, 1.165) is 12.0 Å². The highest BCUT2D eigenvalue weighted by Gasteiger charge is 2.15. The number of nitro benzene ring substituents is 1. The predicted molar refractivity (Wildman–Crippen MR) is 83.3 cm³/mol. The quantitative estimate of drug-likeness (QED) is 0.362. The molecule has 1 aromatic rings. The van der Waals surface area contributed by atoms with Crippen LogP contribution in [0.1, 0.15) is 39.2 Å². The minimum atomic E-state index is -0.400. The number of rotatable bonds is 7. The summed E-state index contributed by atoms with van der Waals surface area (Å²) in [7, 11) is 0. The zero-order valence-corrected chi connectivity index (χ0v) is 12.8. The van der Waals surface area contributed by atoms with Crippen molar-refractivity contribution in [1.82, 2.24) is 5.32 Å². The molecule has 5 nitrogen and oxygen atoms in total. The summed E-state index contributed by atoms with van der Waals surface area (Å²) < 4.78 is 5.68. The van der Waals surface area contributed by atoms with Crippen molar-refractivity contribution in [2.45, 2.75) is 45.7 Å². The molecule has 5 heteroatoms.